The first-order valence-corrected chi connectivity index (χ1v) is 6.37. The Kier molecular flexibility index (Phi) is 6.23. The lowest BCUT2D eigenvalue weighted by molar-refractivity contribution is -0.300. The first kappa shape index (κ1) is 18.4. The minimum absolute atomic E-state index is 0.0766. The molecule has 126 valence electrons. The van der Waals surface area contributed by atoms with Gasteiger partial charge in [0.2, 0.25) is 0 Å². The SMILES string of the molecule is FC(F)(CNCCN1CCOCC1)CC(F)(F)C(F)(F)F. The monoisotopic (exact) mass is 326 g/mol. The van der Waals surface area contributed by atoms with Crippen LogP contribution in [-0.2, 0) is 4.74 Å². The molecule has 3 nitrogen and oxygen atoms in total. The van der Waals surface area contributed by atoms with Crippen LogP contribution in [-0.4, -0.2) is 68.9 Å². The summed E-state index contributed by atoms with van der Waals surface area (Å²) in [6.07, 6.45) is -8.52. The zero-order chi connectivity index (χ0) is 16.1. The minimum atomic E-state index is -5.97. The van der Waals surface area contributed by atoms with Crippen molar-refractivity contribution in [1.29, 1.82) is 0 Å². The highest BCUT2D eigenvalue weighted by Gasteiger charge is 2.61. The molecule has 0 saturated carbocycles. The van der Waals surface area contributed by atoms with Gasteiger partial charge in [-0.2, -0.15) is 22.0 Å². The summed E-state index contributed by atoms with van der Waals surface area (Å²) in [5, 5.41) is 2.21. The van der Waals surface area contributed by atoms with Gasteiger partial charge in [0.15, 0.2) is 0 Å². The van der Waals surface area contributed by atoms with Crippen LogP contribution in [0, 0.1) is 0 Å². The Hall–Kier alpha value is -0.610. The second-order valence-electron chi connectivity index (χ2n) is 4.87. The Bertz CT molecular complexity index is 316. The summed E-state index contributed by atoms with van der Waals surface area (Å²) in [5.41, 5.74) is 0. The van der Waals surface area contributed by atoms with Gasteiger partial charge in [0.25, 0.3) is 5.92 Å². The van der Waals surface area contributed by atoms with Gasteiger partial charge in [0, 0.05) is 26.2 Å². The average Bonchev–Trinajstić information content (AvgIpc) is 2.33. The third-order valence-electron chi connectivity index (χ3n) is 2.99. The third kappa shape index (κ3) is 6.35. The van der Waals surface area contributed by atoms with Crippen LogP contribution in [0.25, 0.3) is 0 Å². The lowest BCUT2D eigenvalue weighted by Gasteiger charge is -2.27. The van der Waals surface area contributed by atoms with Gasteiger partial charge in [-0.25, -0.2) is 8.78 Å². The molecule has 0 aromatic carbocycles. The van der Waals surface area contributed by atoms with Gasteiger partial charge >= 0.3 is 12.1 Å². The van der Waals surface area contributed by atoms with Crippen molar-refractivity contribution in [3.05, 3.63) is 0 Å². The van der Waals surface area contributed by atoms with E-state index in [4.69, 9.17) is 4.74 Å². The van der Waals surface area contributed by atoms with Gasteiger partial charge in [0.05, 0.1) is 26.2 Å². The summed E-state index contributed by atoms with van der Waals surface area (Å²) < 4.78 is 92.1. The molecule has 0 aromatic heterocycles. The van der Waals surface area contributed by atoms with Crippen molar-refractivity contribution in [1.82, 2.24) is 10.2 Å². The molecular formula is C11H17F7N2O. The van der Waals surface area contributed by atoms with Crippen LogP contribution in [0.5, 0.6) is 0 Å². The van der Waals surface area contributed by atoms with E-state index in [0.29, 0.717) is 32.8 Å². The van der Waals surface area contributed by atoms with E-state index in [0.717, 1.165) is 0 Å². The van der Waals surface area contributed by atoms with E-state index in [1.807, 2.05) is 4.90 Å². The molecule has 0 atom stereocenters. The molecule has 0 aliphatic carbocycles. The lowest BCUT2D eigenvalue weighted by Crippen LogP contribution is -2.46. The zero-order valence-corrected chi connectivity index (χ0v) is 11.2. The first-order chi connectivity index (χ1) is 9.54. The standard InChI is InChI=1S/C11H17F7N2O/c12-9(13,7-10(14,15)11(16,17)18)8-19-1-2-20-3-5-21-6-4-20/h19H,1-8H2. The van der Waals surface area contributed by atoms with Gasteiger partial charge in [0.1, 0.15) is 0 Å². The summed E-state index contributed by atoms with van der Waals surface area (Å²) in [7, 11) is 0. The van der Waals surface area contributed by atoms with Crippen LogP contribution >= 0.6 is 0 Å². The molecule has 0 radical (unpaired) electrons. The van der Waals surface area contributed by atoms with Crippen LogP contribution in [0.15, 0.2) is 0 Å². The van der Waals surface area contributed by atoms with Gasteiger partial charge in [-0.05, 0) is 0 Å². The number of halogens is 7. The molecule has 0 amide bonds. The Morgan fingerprint density at radius 2 is 1.52 bits per heavy atom. The van der Waals surface area contributed by atoms with Crippen LogP contribution in [0.2, 0.25) is 0 Å². The molecule has 0 unspecified atom stereocenters. The van der Waals surface area contributed by atoms with Crippen LogP contribution in [0.1, 0.15) is 6.42 Å². The molecule has 10 heteroatoms. The topological polar surface area (TPSA) is 24.5 Å². The Balaban J connectivity index is 2.29. The highest BCUT2D eigenvalue weighted by molar-refractivity contribution is 4.84. The number of morpholine rings is 1. The van der Waals surface area contributed by atoms with E-state index in [9.17, 15) is 30.7 Å². The molecule has 0 spiro atoms. The fourth-order valence-corrected chi connectivity index (χ4v) is 1.82. The quantitative estimate of drug-likeness (QED) is 0.573. The Labute approximate surface area is 117 Å². The maximum atomic E-state index is 13.1. The zero-order valence-electron chi connectivity index (χ0n) is 11.2. The van der Waals surface area contributed by atoms with Crippen molar-refractivity contribution in [2.24, 2.45) is 0 Å². The number of hydrogen-bond donors (Lipinski definition) is 1. The number of alkyl halides is 7. The molecule has 0 bridgehead atoms. The predicted octanol–water partition coefficient (Wildman–Crippen LogP) is 2.13. The molecule has 1 fully saturated rings. The molecule has 1 aliphatic heterocycles. The highest BCUT2D eigenvalue weighted by Crippen LogP contribution is 2.42. The predicted molar refractivity (Wildman–Crippen MR) is 60.7 cm³/mol. The van der Waals surface area contributed by atoms with Gasteiger partial charge in [-0.3, -0.25) is 4.90 Å². The highest BCUT2D eigenvalue weighted by atomic mass is 19.4. The number of hydrogen-bond acceptors (Lipinski definition) is 3. The Morgan fingerprint density at radius 3 is 2.05 bits per heavy atom. The van der Waals surface area contributed by atoms with Crippen molar-refractivity contribution in [2.75, 3.05) is 45.9 Å². The summed E-state index contributed by atoms with van der Waals surface area (Å²) in [6, 6.07) is 0. The molecule has 0 aromatic rings. The smallest absolute Gasteiger partial charge is 0.379 e. The summed E-state index contributed by atoms with van der Waals surface area (Å²) in [5.74, 6) is -9.54. The summed E-state index contributed by atoms with van der Waals surface area (Å²) >= 11 is 0. The number of rotatable bonds is 7. The molecule has 1 aliphatic rings. The lowest BCUT2D eigenvalue weighted by atomic mass is 10.1. The third-order valence-corrected chi connectivity index (χ3v) is 2.99. The van der Waals surface area contributed by atoms with Gasteiger partial charge < -0.3 is 10.1 Å². The van der Waals surface area contributed by atoms with Crippen molar-refractivity contribution in [2.45, 2.75) is 24.4 Å². The maximum Gasteiger partial charge on any atom is 0.453 e. The molecule has 1 saturated heterocycles. The van der Waals surface area contributed by atoms with E-state index in [1.165, 1.54) is 0 Å². The van der Waals surface area contributed by atoms with E-state index in [2.05, 4.69) is 5.32 Å². The molecule has 1 heterocycles. The van der Waals surface area contributed by atoms with Crippen molar-refractivity contribution < 1.29 is 35.5 Å². The summed E-state index contributed by atoms with van der Waals surface area (Å²) in [4.78, 5) is 1.92. The van der Waals surface area contributed by atoms with Crippen molar-refractivity contribution >= 4 is 0 Å². The van der Waals surface area contributed by atoms with Crippen molar-refractivity contribution in [3.8, 4) is 0 Å². The van der Waals surface area contributed by atoms with Crippen LogP contribution < -0.4 is 5.32 Å². The average molecular weight is 326 g/mol. The molecule has 1 N–H and O–H groups in total. The fraction of sp³-hybridized carbons (Fsp3) is 1.00. The van der Waals surface area contributed by atoms with E-state index >= 15 is 0 Å². The number of nitrogens with one attached hydrogen (secondary N) is 1. The molecular weight excluding hydrogens is 309 g/mol. The minimum Gasteiger partial charge on any atom is -0.379 e. The van der Waals surface area contributed by atoms with Crippen LogP contribution in [0.4, 0.5) is 30.7 Å². The van der Waals surface area contributed by atoms with Crippen molar-refractivity contribution in [3.63, 3.8) is 0 Å². The largest absolute Gasteiger partial charge is 0.453 e. The van der Waals surface area contributed by atoms with E-state index in [1.54, 1.807) is 0 Å². The van der Waals surface area contributed by atoms with Crippen LogP contribution in [0.3, 0.4) is 0 Å². The van der Waals surface area contributed by atoms with E-state index in [-0.39, 0.29) is 6.54 Å². The maximum absolute atomic E-state index is 13.1. The second kappa shape index (κ2) is 7.10. The molecule has 21 heavy (non-hydrogen) atoms. The summed E-state index contributed by atoms with van der Waals surface area (Å²) in [6.45, 7) is 1.56. The molecule has 1 rings (SSSR count). The van der Waals surface area contributed by atoms with E-state index < -0.39 is 31.0 Å². The first-order valence-electron chi connectivity index (χ1n) is 6.37. The van der Waals surface area contributed by atoms with Gasteiger partial charge in [-0.15, -0.1) is 0 Å². The fourth-order valence-electron chi connectivity index (χ4n) is 1.82. The number of nitrogens with zero attached hydrogens (tertiary/aromatic N) is 1. The number of ether oxygens (including phenoxy) is 1. The van der Waals surface area contributed by atoms with Gasteiger partial charge in [-0.1, -0.05) is 0 Å². The normalized spacial score (nSPS) is 19.0. The second-order valence-corrected chi connectivity index (χ2v) is 4.87. The Morgan fingerprint density at radius 1 is 0.952 bits per heavy atom.